The largest absolute Gasteiger partial charge is 0.494 e. The van der Waals surface area contributed by atoms with Gasteiger partial charge in [-0.3, -0.25) is 9.59 Å². The van der Waals surface area contributed by atoms with Crippen molar-refractivity contribution < 1.29 is 31.1 Å². The van der Waals surface area contributed by atoms with Crippen LogP contribution in [0.15, 0.2) is 41.2 Å². The van der Waals surface area contributed by atoms with Crippen LogP contribution in [0, 0.1) is 0 Å². The van der Waals surface area contributed by atoms with Crippen molar-refractivity contribution >= 4 is 27.3 Å². The van der Waals surface area contributed by atoms with Gasteiger partial charge >= 0.3 is 6.18 Å². The van der Waals surface area contributed by atoms with Crippen LogP contribution in [-0.2, 0) is 22.6 Å². The highest BCUT2D eigenvalue weighted by Crippen LogP contribution is 2.40. The highest BCUT2D eigenvalue weighted by atomic mass is 32.2. The number of hydrogen-bond donors (Lipinski definition) is 2. The van der Waals surface area contributed by atoms with Crippen LogP contribution < -0.4 is 15.0 Å². The van der Waals surface area contributed by atoms with E-state index in [2.05, 4.69) is 11.9 Å². The maximum atomic E-state index is 14.2. The van der Waals surface area contributed by atoms with Gasteiger partial charge < -0.3 is 9.72 Å². The molecule has 1 aliphatic carbocycles. The van der Waals surface area contributed by atoms with E-state index in [4.69, 9.17) is 4.74 Å². The summed E-state index contributed by atoms with van der Waals surface area (Å²) < 4.78 is 74.9. The van der Waals surface area contributed by atoms with Gasteiger partial charge in [0.2, 0.25) is 10.0 Å². The third-order valence-corrected chi connectivity index (χ3v) is 9.67. The van der Waals surface area contributed by atoms with E-state index in [1.807, 2.05) is 11.6 Å². The molecule has 3 aromatic rings. The molecular formula is C28H31F3N2O5S2. The predicted molar refractivity (Wildman–Crippen MR) is 149 cm³/mol. The number of unbranched alkanes of at least 4 members (excludes halogenated alkanes) is 3. The molecule has 1 amide bonds. The molecule has 7 nitrogen and oxygen atoms in total. The Balaban J connectivity index is 1.78. The molecule has 1 aliphatic rings. The van der Waals surface area contributed by atoms with E-state index in [0.29, 0.717) is 30.6 Å². The first-order valence-electron chi connectivity index (χ1n) is 13.2. The Morgan fingerprint density at radius 1 is 1.07 bits per heavy atom. The van der Waals surface area contributed by atoms with Crippen molar-refractivity contribution in [1.82, 2.24) is 9.71 Å². The lowest BCUT2D eigenvalue weighted by Gasteiger charge is -2.17. The fraction of sp³-hybridized carbons (Fsp3) is 0.429. The minimum atomic E-state index is -4.76. The summed E-state index contributed by atoms with van der Waals surface area (Å²) in [5, 5.41) is -0.701. The standard InChI is InChI=1S/C28H31F3N2O5S2/c1-3-5-6-7-14-38-17-8-12-20(22(15-17)28(29,30)31)23-16-21(24-13-9-18(4-2)39-24)25(26(34)32-23)27(35)33-40(36,37)19-10-11-19/h8-9,12-13,15-16,19H,3-7,10-11,14H2,1-2H3,(H,32,34)(H,33,35). The number of H-pyrrole nitrogens is 1. The maximum absolute atomic E-state index is 14.2. The van der Waals surface area contributed by atoms with Crippen molar-refractivity contribution in [3.8, 4) is 27.4 Å². The Morgan fingerprint density at radius 2 is 1.82 bits per heavy atom. The van der Waals surface area contributed by atoms with Crippen LogP contribution in [0.25, 0.3) is 21.7 Å². The highest BCUT2D eigenvalue weighted by Gasteiger charge is 2.38. The van der Waals surface area contributed by atoms with E-state index in [1.165, 1.54) is 29.5 Å². The Hall–Kier alpha value is -3.12. The number of amides is 1. The van der Waals surface area contributed by atoms with Crippen molar-refractivity contribution in [3.63, 3.8) is 0 Å². The summed E-state index contributed by atoms with van der Waals surface area (Å²) in [6.45, 7) is 4.25. The third kappa shape index (κ3) is 6.95. The summed E-state index contributed by atoms with van der Waals surface area (Å²) in [6.07, 6.45) is 0.383. The molecule has 0 unspecified atom stereocenters. The van der Waals surface area contributed by atoms with Gasteiger partial charge in [0.1, 0.15) is 11.3 Å². The van der Waals surface area contributed by atoms with Crippen molar-refractivity contribution in [2.24, 2.45) is 0 Å². The van der Waals surface area contributed by atoms with Crippen molar-refractivity contribution in [2.45, 2.75) is 70.2 Å². The summed E-state index contributed by atoms with van der Waals surface area (Å²) in [5.41, 5.74) is -2.88. The van der Waals surface area contributed by atoms with E-state index in [-0.39, 0.29) is 29.2 Å². The summed E-state index contributed by atoms with van der Waals surface area (Å²) in [4.78, 5) is 30.1. The first-order chi connectivity index (χ1) is 18.9. The number of pyridine rings is 1. The molecule has 40 heavy (non-hydrogen) atoms. The van der Waals surface area contributed by atoms with Crippen LogP contribution in [0.3, 0.4) is 0 Å². The number of rotatable bonds is 12. The predicted octanol–water partition coefficient (Wildman–Crippen LogP) is 6.53. The number of thiophene rings is 1. The fourth-order valence-corrected chi connectivity index (χ4v) is 6.53. The topological polar surface area (TPSA) is 105 Å². The molecule has 4 rings (SSSR count). The molecule has 2 aromatic heterocycles. The Morgan fingerprint density at radius 3 is 2.45 bits per heavy atom. The molecule has 0 bridgehead atoms. The summed E-state index contributed by atoms with van der Waals surface area (Å²) >= 11 is 1.27. The molecule has 12 heteroatoms. The van der Waals surface area contributed by atoms with Crippen LogP contribution in [0.1, 0.15) is 73.2 Å². The second-order valence-electron chi connectivity index (χ2n) is 9.71. The minimum absolute atomic E-state index is 0.0522. The number of sulfonamides is 1. The minimum Gasteiger partial charge on any atom is -0.494 e. The lowest BCUT2D eigenvalue weighted by molar-refractivity contribution is -0.137. The molecule has 0 aliphatic heterocycles. The second kappa shape index (κ2) is 12.2. The number of carbonyl (C=O) groups excluding carboxylic acids is 1. The molecule has 0 spiro atoms. The van der Waals surface area contributed by atoms with Gasteiger partial charge in [0.15, 0.2) is 0 Å². The fourth-order valence-electron chi connectivity index (χ4n) is 4.28. The molecule has 216 valence electrons. The van der Waals surface area contributed by atoms with Gasteiger partial charge in [-0.15, -0.1) is 11.3 Å². The van der Waals surface area contributed by atoms with Gasteiger partial charge in [-0.25, -0.2) is 13.1 Å². The lowest BCUT2D eigenvalue weighted by Crippen LogP contribution is -2.37. The van der Waals surface area contributed by atoms with E-state index in [9.17, 15) is 31.2 Å². The number of halogens is 3. The quantitative estimate of drug-likeness (QED) is 0.231. The van der Waals surface area contributed by atoms with E-state index < -0.39 is 44.0 Å². The number of hydrogen-bond acceptors (Lipinski definition) is 6. The molecule has 0 radical (unpaired) electrons. The van der Waals surface area contributed by atoms with Crippen LogP contribution >= 0.6 is 11.3 Å². The van der Waals surface area contributed by atoms with E-state index in [1.54, 1.807) is 12.1 Å². The van der Waals surface area contributed by atoms with Crippen molar-refractivity contribution in [2.75, 3.05) is 6.61 Å². The maximum Gasteiger partial charge on any atom is 0.417 e. The van der Waals surface area contributed by atoms with Gasteiger partial charge in [-0.1, -0.05) is 33.1 Å². The Bertz CT molecular complexity index is 1540. The summed E-state index contributed by atoms with van der Waals surface area (Å²) in [7, 11) is -3.97. The molecule has 0 saturated heterocycles. The molecule has 1 aromatic carbocycles. The monoisotopic (exact) mass is 596 g/mol. The highest BCUT2D eigenvalue weighted by molar-refractivity contribution is 7.91. The number of aromatic amines is 1. The average molecular weight is 597 g/mol. The van der Waals surface area contributed by atoms with Crippen LogP contribution in [0.2, 0.25) is 0 Å². The first-order valence-corrected chi connectivity index (χ1v) is 15.6. The SMILES string of the molecule is CCCCCCOc1ccc(-c2cc(-c3ccc(CC)s3)c(C(=O)NS(=O)(=O)C3CC3)c(=O)[nH]2)c(C(F)(F)F)c1. The van der Waals surface area contributed by atoms with Crippen molar-refractivity contribution in [1.29, 1.82) is 0 Å². The number of aryl methyl sites for hydroxylation is 1. The Kier molecular flexibility index (Phi) is 9.09. The molecular weight excluding hydrogens is 565 g/mol. The summed E-state index contributed by atoms with van der Waals surface area (Å²) in [5.74, 6) is -1.06. The Labute approximate surface area is 234 Å². The van der Waals surface area contributed by atoms with E-state index in [0.717, 1.165) is 30.2 Å². The number of alkyl halides is 3. The molecule has 1 saturated carbocycles. The number of aromatic nitrogens is 1. The average Bonchev–Trinajstić information content (AvgIpc) is 3.66. The third-order valence-electron chi connectivity index (χ3n) is 6.59. The number of ether oxygens (including phenoxy) is 1. The number of nitrogens with one attached hydrogen (secondary N) is 2. The van der Waals surface area contributed by atoms with Gasteiger partial charge in [0.25, 0.3) is 11.5 Å². The molecule has 1 fully saturated rings. The van der Waals surface area contributed by atoms with Gasteiger partial charge in [0, 0.05) is 26.6 Å². The normalized spacial score (nSPS) is 13.8. The zero-order chi connectivity index (χ0) is 29.1. The smallest absolute Gasteiger partial charge is 0.417 e. The first kappa shape index (κ1) is 29.9. The summed E-state index contributed by atoms with van der Waals surface area (Å²) in [6, 6.07) is 8.27. The van der Waals surface area contributed by atoms with Crippen molar-refractivity contribution in [3.05, 3.63) is 62.8 Å². The van der Waals surface area contributed by atoms with Crippen LogP contribution in [0.5, 0.6) is 5.75 Å². The lowest BCUT2D eigenvalue weighted by atomic mass is 9.99. The second-order valence-corrected chi connectivity index (χ2v) is 12.8. The molecule has 2 heterocycles. The number of benzene rings is 1. The zero-order valence-corrected chi connectivity index (χ0v) is 23.8. The number of carbonyl (C=O) groups is 1. The zero-order valence-electron chi connectivity index (χ0n) is 22.2. The molecule has 2 N–H and O–H groups in total. The van der Waals surface area contributed by atoms with Crippen LogP contribution in [-0.4, -0.2) is 31.2 Å². The van der Waals surface area contributed by atoms with Gasteiger partial charge in [-0.2, -0.15) is 13.2 Å². The van der Waals surface area contributed by atoms with Gasteiger partial charge in [0.05, 0.1) is 17.4 Å². The van der Waals surface area contributed by atoms with Gasteiger partial charge in [-0.05, 0) is 62.1 Å². The van der Waals surface area contributed by atoms with E-state index >= 15 is 0 Å². The van der Waals surface area contributed by atoms with Crippen LogP contribution in [0.4, 0.5) is 13.2 Å². The molecule has 0 atom stereocenters.